The number of hydrogen-bond donors (Lipinski definition) is 1. The van der Waals surface area contributed by atoms with Crippen molar-refractivity contribution in [1.29, 1.82) is 0 Å². The zero-order chi connectivity index (χ0) is 15.0. The third-order valence-corrected chi connectivity index (χ3v) is 5.80. The Morgan fingerprint density at radius 3 is 2.76 bits per heavy atom. The Hall–Kier alpha value is -0.640. The average Bonchev–Trinajstić information content (AvgIpc) is 3.03. The first-order valence-corrected chi connectivity index (χ1v) is 8.58. The minimum absolute atomic E-state index is 0.402. The standard InChI is InChI=1S/C17H23ClN2S/c1-20(10-15-7-11-2-3-12(15)6-11)9-14-5-4-13(17(19)21)8-16(14)18/h4-5,8,11-12,15H,2-3,6-7,9-10H2,1H3,(H2,19,21). The summed E-state index contributed by atoms with van der Waals surface area (Å²) in [6, 6.07) is 5.90. The molecule has 0 radical (unpaired) electrons. The van der Waals surface area contributed by atoms with E-state index in [0.29, 0.717) is 4.99 Å². The lowest BCUT2D eigenvalue weighted by Crippen LogP contribution is -2.28. The fraction of sp³-hybridized carbons (Fsp3) is 0.588. The molecule has 0 aliphatic heterocycles. The molecule has 0 heterocycles. The third-order valence-electron chi connectivity index (χ3n) is 5.21. The van der Waals surface area contributed by atoms with Crippen LogP contribution in [0.15, 0.2) is 18.2 Å². The molecule has 2 aliphatic rings. The van der Waals surface area contributed by atoms with Crippen molar-refractivity contribution in [1.82, 2.24) is 4.90 Å². The van der Waals surface area contributed by atoms with E-state index in [1.54, 1.807) is 0 Å². The highest BCUT2D eigenvalue weighted by Gasteiger charge is 2.39. The minimum Gasteiger partial charge on any atom is -0.389 e. The van der Waals surface area contributed by atoms with Crippen LogP contribution in [0.5, 0.6) is 0 Å². The third kappa shape index (κ3) is 3.41. The lowest BCUT2D eigenvalue weighted by atomic mass is 9.88. The first kappa shape index (κ1) is 15.3. The highest BCUT2D eigenvalue weighted by Crippen LogP contribution is 2.48. The van der Waals surface area contributed by atoms with Gasteiger partial charge >= 0.3 is 0 Å². The van der Waals surface area contributed by atoms with Gasteiger partial charge in [0, 0.05) is 23.7 Å². The quantitative estimate of drug-likeness (QED) is 0.835. The Balaban J connectivity index is 1.59. The van der Waals surface area contributed by atoms with Gasteiger partial charge in [-0.1, -0.05) is 42.4 Å². The van der Waals surface area contributed by atoms with Crippen LogP contribution in [0.25, 0.3) is 0 Å². The van der Waals surface area contributed by atoms with Gasteiger partial charge in [-0.25, -0.2) is 0 Å². The molecule has 3 unspecified atom stereocenters. The lowest BCUT2D eigenvalue weighted by Gasteiger charge is -2.27. The molecule has 0 saturated heterocycles. The number of hydrogen-bond acceptors (Lipinski definition) is 2. The van der Waals surface area contributed by atoms with Crippen LogP contribution >= 0.6 is 23.8 Å². The van der Waals surface area contributed by atoms with Gasteiger partial charge in [0.15, 0.2) is 0 Å². The number of nitrogens with two attached hydrogens (primary N) is 1. The van der Waals surface area contributed by atoms with Crippen LogP contribution in [0.2, 0.25) is 5.02 Å². The van der Waals surface area contributed by atoms with Gasteiger partial charge in [0.1, 0.15) is 4.99 Å². The molecule has 2 bridgehead atoms. The van der Waals surface area contributed by atoms with Crippen molar-refractivity contribution in [2.24, 2.45) is 23.5 Å². The normalized spacial score (nSPS) is 27.5. The van der Waals surface area contributed by atoms with Gasteiger partial charge in [-0.2, -0.15) is 0 Å². The second-order valence-corrected chi connectivity index (χ2v) is 7.65. The topological polar surface area (TPSA) is 29.3 Å². The van der Waals surface area contributed by atoms with Crippen molar-refractivity contribution >= 4 is 28.8 Å². The number of halogens is 1. The van der Waals surface area contributed by atoms with E-state index in [4.69, 9.17) is 29.6 Å². The minimum atomic E-state index is 0.402. The summed E-state index contributed by atoms with van der Waals surface area (Å²) in [4.78, 5) is 2.81. The van der Waals surface area contributed by atoms with Crippen molar-refractivity contribution in [2.75, 3.05) is 13.6 Å². The van der Waals surface area contributed by atoms with E-state index in [1.165, 1.54) is 32.2 Å². The molecule has 21 heavy (non-hydrogen) atoms. The number of nitrogens with zero attached hydrogens (tertiary/aromatic N) is 1. The van der Waals surface area contributed by atoms with Gasteiger partial charge in [0.05, 0.1) is 0 Å². The number of benzene rings is 1. The molecule has 1 aromatic rings. The SMILES string of the molecule is CN(Cc1ccc(C(N)=S)cc1Cl)CC1CC2CCC1C2. The summed E-state index contributed by atoms with van der Waals surface area (Å²) in [5.74, 6) is 2.88. The summed E-state index contributed by atoms with van der Waals surface area (Å²) in [7, 11) is 2.20. The first-order chi connectivity index (χ1) is 10.0. The van der Waals surface area contributed by atoms with Crippen LogP contribution in [0.1, 0.15) is 36.8 Å². The van der Waals surface area contributed by atoms with Crippen molar-refractivity contribution in [2.45, 2.75) is 32.2 Å². The summed E-state index contributed by atoms with van der Waals surface area (Å²) >= 11 is 11.3. The lowest BCUT2D eigenvalue weighted by molar-refractivity contribution is 0.214. The highest BCUT2D eigenvalue weighted by molar-refractivity contribution is 7.80. The molecule has 2 fully saturated rings. The smallest absolute Gasteiger partial charge is 0.104 e. The summed E-state index contributed by atoms with van der Waals surface area (Å²) in [5.41, 5.74) is 7.64. The van der Waals surface area contributed by atoms with E-state index in [0.717, 1.165) is 40.4 Å². The Labute approximate surface area is 137 Å². The van der Waals surface area contributed by atoms with Gasteiger partial charge in [0.2, 0.25) is 0 Å². The summed E-state index contributed by atoms with van der Waals surface area (Å²) in [5, 5.41) is 0.764. The van der Waals surface area contributed by atoms with Crippen molar-refractivity contribution < 1.29 is 0 Å². The van der Waals surface area contributed by atoms with E-state index in [9.17, 15) is 0 Å². The summed E-state index contributed by atoms with van der Waals surface area (Å²) in [6.07, 6.45) is 5.83. The molecule has 114 valence electrons. The van der Waals surface area contributed by atoms with Crippen LogP contribution in [-0.2, 0) is 6.54 Å². The monoisotopic (exact) mass is 322 g/mol. The molecule has 0 spiro atoms. The molecule has 2 nitrogen and oxygen atoms in total. The van der Waals surface area contributed by atoms with E-state index in [1.807, 2.05) is 18.2 Å². The van der Waals surface area contributed by atoms with Gasteiger partial charge in [0.25, 0.3) is 0 Å². The van der Waals surface area contributed by atoms with E-state index >= 15 is 0 Å². The molecular weight excluding hydrogens is 300 g/mol. The zero-order valence-electron chi connectivity index (χ0n) is 12.5. The molecule has 1 aromatic carbocycles. The van der Waals surface area contributed by atoms with Crippen LogP contribution in [0.3, 0.4) is 0 Å². The van der Waals surface area contributed by atoms with Gasteiger partial charge in [-0.15, -0.1) is 0 Å². The van der Waals surface area contributed by atoms with Gasteiger partial charge < -0.3 is 10.6 Å². The maximum atomic E-state index is 6.36. The number of thiocarbonyl (C=S) groups is 1. The largest absolute Gasteiger partial charge is 0.389 e. The molecule has 0 aromatic heterocycles. The first-order valence-electron chi connectivity index (χ1n) is 7.79. The van der Waals surface area contributed by atoms with Crippen molar-refractivity contribution in [3.05, 3.63) is 34.3 Å². The second kappa shape index (κ2) is 6.23. The Morgan fingerprint density at radius 2 is 2.19 bits per heavy atom. The molecule has 3 rings (SSSR count). The molecule has 2 N–H and O–H groups in total. The molecule has 3 atom stereocenters. The fourth-order valence-corrected chi connectivity index (χ4v) is 4.55. The Morgan fingerprint density at radius 1 is 1.38 bits per heavy atom. The summed E-state index contributed by atoms with van der Waals surface area (Å²) < 4.78 is 0. The number of fused-ring (bicyclic) bond motifs is 2. The Kier molecular flexibility index (Phi) is 4.53. The summed E-state index contributed by atoms with van der Waals surface area (Å²) in [6.45, 7) is 2.08. The van der Waals surface area contributed by atoms with Crippen molar-refractivity contribution in [3.8, 4) is 0 Å². The fourth-order valence-electron chi connectivity index (χ4n) is 4.18. The molecule has 2 saturated carbocycles. The molecule has 2 aliphatic carbocycles. The van der Waals surface area contributed by atoms with Gasteiger partial charge in [-0.3, -0.25) is 0 Å². The van der Waals surface area contributed by atoms with Crippen LogP contribution in [-0.4, -0.2) is 23.5 Å². The Bertz CT molecular complexity index is 546. The maximum Gasteiger partial charge on any atom is 0.104 e. The van der Waals surface area contributed by atoms with E-state index in [2.05, 4.69) is 11.9 Å². The predicted molar refractivity (Wildman–Crippen MR) is 92.6 cm³/mol. The van der Waals surface area contributed by atoms with Crippen LogP contribution in [0, 0.1) is 17.8 Å². The molecule has 4 heteroatoms. The average molecular weight is 323 g/mol. The number of rotatable bonds is 5. The predicted octanol–water partition coefficient (Wildman–Crippen LogP) is 3.84. The second-order valence-electron chi connectivity index (χ2n) is 6.80. The molecular formula is C17H23ClN2S. The highest BCUT2D eigenvalue weighted by atomic mass is 35.5. The van der Waals surface area contributed by atoms with Crippen LogP contribution < -0.4 is 5.73 Å². The maximum absolute atomic E-state index is 6.36. The van der Waals surface area contributed by atoms with Gasteiger partial charge in [-0.05, 0) is 55.7 Å². The van der Waals surface area contributed by atoms with E-state index in [-0.39, 0.29) is 0 Å². The molecule has 0 amide bonds. The van der Waals surface area contributed by atoms with E-state index < -0.39 is 0 Å². The zero-order valence-corrected chi connectivity index (χ0v) is 14.1. The van der Waals surface area contributed by atoms with Crippen LogP contribution in [0.4, 0.5) is 0 Å². The van der Waals surface area contributed by atoms with Crippen molar-refractivity contribution in [3.63, 3.8) is 0 Å².